The van der Waals surface area contributed by atoms with Crippen LogP contribution in [0.3, 0.4) is 0 Å². The molecule has 1 amide bonds. The second-order valence-electron chi connectivity index (χ2n) is 4.95. The minimum absolute atomic E-state index is 0.135. The molecule has 1 aliphatic rings. The maximum absolute atomic E-state index is 12.3. The van der Waals surface area contributed by atoms with Gasteiger partial charge >= 0.3 is 0 Å². The molecule has 3 heteroatoms. The normalized spacial score (nSPS) is 13.4. The van der Waals surface area contributed by atoms with Crippen molar-refractivity contribution in [3.05, 3.63) is 65.2 Å². The number of rotatable bonds is 4. The molecule has 0 unspecified atom stereocenters. The fourth-order valence-electron chi connectivity index (χ4n) is 2.66. The molecule has 1 heterocycles. The number of ether oxygens (including phenoxy) is 1. The quantitative estimate of drug-likeness (QED) is 0.852. The summed E-state index contributed by atoms with van der Waals surface area (Å²) < 4.78 is 5.35. The van der Waals surface area contributed by atoms with E-state index >= 15 is 0 Å². The molecule has 0 radical (unpaired) electrons. The van der Waals surface area contributed by atoms with Gasteiger partial charge in [0.25, 0.3) is 5.91 Å². The summed E-state index contributed by atoms with van der Waals surface area (Å²) in [7, 11) is 1.68. The number of methoxy groups -OCH3 is 1. The van der Waals surface area contributed by atoms with Crippen LogP contribution in [-0.4, -0.2) is 24.5 Å². The minimum Gasteiger partial charge on any atom is -0.496 e. The largest absolute Gasteiger partial charge is 0.496 e. The van der Waals surface area contributed by atoms with E-state index in [4.69, 9.17) is 4.74 Å². The Labute approximate surface area is 118 Å². The lowest BCUT2D eigenvalue weighted by molar-refractivity contribution is 0.0780. The van der Waals surface area contributed by atoms with Gasteiger partial charge in [0, 0.05) is 18.7 Å². The second-order valence-corrected chi connectivity index (χ2v) is 4.95. The Balaban J connectivity index is 1.70. The molecule has 0 aliphatic carbocycles. The number of amides is 1. The number of hydrogen-bond donors (Lipinski definition) is 0. The van der Waals surface area contributed by atoms with Crippen LogP contribution >= 0.6 is 0 Å². The molecule has 0 N–H and O–H groups in total. The van der Waals surface area contributed by atoms with Crippen molar-refractivity contribution >= 4 is 5.91 Å². The second kappa shape index (κ2) is 5.37. The number of hydrogen-bond acceptors (Lipinski definition) is 2. The predicted octanol–water partition coefficient (Wildman–Crippen LogP) is 2.89. The monoisotopic (exact) mass is 267 g/mol. The Bertz CT molecular complexity index is 636. The van der Waals surface area contributed by atoms with E-state index in [1.54, 1.807) is 7.11 Å². The fraction of sp³-hybridized carbons (Fsp3) is 0.235. The molecule has 0 saturated heterocycles. The highest BCUT2D eigenvalue weighted by Gasteiger charge is 2.26. The Morgan fingerprint density at radius 2 is 1.85 bits per heavy atom. The zero-order valence-corrected chi connectivity index (χ0v) is 11.5. The molecule has 0 atom stereocenters. The van der Waals surface area contributed by atoms with E-state index in [0.29, 0.717) is 13.1 Å². The van der Waals surface area contributed by atoms with Gasteiger partial charge in [0.15, 0.2) is 0 Å². The molecule has 0 saturated carbocycles. The molecule has 1 aliphatic heterocycles. The van der Waals surface area contributed by atoms with Crippen LogP contribution in [0.15, 0.2) is 48.5 Å². The van der Waals surface area contributed by atoms with E-state index in [-0.39, 0.29) is 5.91 Å². The highest BCUT2D eigenvalue weighted by atomic mass is 16.5. The van der Waals surface area contributed by atoms with E-state index < -0.39 is 0 Å². The van der Waals surface area contributed by atoms with Gasteiger partial charge < -0.3 is 9.64 Å². The number of carbonyl (C=O) groups is 1. The smallest absolute Gasteiger partial charge is 0.254 e. The van der Waals surface area contributed by atoms with Crippen molar-refractivity contribution < 1.29 is 9.53 Å². The third-order valence-electron chi connectivity index (χ3n) is 3.74. The molecular weight excluding hydrogens is 250 g/mol. The molecule has 0 bridgehead atoms. The van der Waals surface area contributed by atoms with Crippen molar-refractivity contribution in [1.82, 2.24) is 4.90 Å². The van der Waals surface area contributed by atoms with Crippen molar-refractivity contribution in [2.24, 2.45) is 0 Å². The van der Waals surface area contributed by atoms with E-state index in [2.05, 4.69) is 0 Å². The highest BCUT2D eigenvalue weighted by molar-refractivity contribution is 5.98. The van der Waals surface area contributed by atoms with Gasteiger partial charge in [-0.2, -0.15) is 0 Å². The van der Waals surface area contributed by atoms with Gasteiger partial charge in [0.1, 0.15) is 5.75 Å². The summed E-state index contributed by atoms with van der Waals surface area (Å²) in [6.07, 6.45) is 0.809. The molecule has 3 nitrogen and oxygen atoms in total. The standard InChI is InChI=1S/C17H17NO2/c1-20-16-9-5-3-6-13(16)10-11-18-12-14-7-2-4-8-15(14)17(18)19/h2-9H,10-12H2,1H3. The van der Waals surface area contributed by atoms with Gasteiger partial charge in [-0.15, -0.1) is 0 Å². The lowest BCUT2D eigenvalue weighted by atomic mass is 10.1. The molecule has 20 heavy (non-hydrogen) atoms. The third-order valence-corrected chi connectivity index (χ3v) is 3.74. The van der Waals surface area contributed by atoms with E-state index in [9.17, 15) is 4.79 Å². The Kier molecular flexibility index (Phi) is 3.42. The molecule has 0 aromatic heterocycles. The summed E-state index contributed by atoms with van der Waals surface area (Å²) in [5, 5.41) is 0. The van der Waals surface area contributed by atoms with Crippen molar-refractivity contribution in [2.75, 3.05) is 13.7 Å². The number of para-hydroxylation sites is 1. The predicted molar refractivity (Wildman–Crippen MR) is 77.9 cm³/mol. The summed E-state index contributed by atoms with van der Waals surface area (Å²) >= 11 is 0. The average molecular weight is 267 g/mol. The molecule has 2 aromatic rings. The number of nitrogens with zero attached hydrogens (tertiary/aromatic N) is 1. The molecule has 2 aromatic carbocycles. The van der Waals surface area contributed by atoms with Crippen LogP contribution in [0, 0.1) is 0 Å². The van der Waals surface area contributed by atoms with Gasteiger partial charge in [-0.05, 0) is 29.7 Å². The van der Waals surface area contributed by atoms with Gasteiger partial charge in [-0.1, -0.05) is 36.4 Å². The van der Waals surface area contributed by atoms with Crippen LogP contribution in [0.2, 0.25) is 0 Å². The van der Waals surface area contributed by atoms with Crippen LogP contribution in [-0.2, 0) is 13.0 Å². The summed E-state index contributed by atoms with van der Waals surface area (Å²) in [5.41, 5.74) is 3.10. The Morgan fingerprint density at radius 1 is 1.10 bits per heavy atom. The summed E-state index contributed by atoms with van der Waals surface area (Å²) in [5.74, 6) is 1.02. The number of benzene rings is 2. The number of carbonyl (C=O) groups excluding carboxylic acids is 1. The number of fused-ring (bicyclic) bond motifs is 1. The van der Waals surface area contributed by atoms with Crippen molar-refractivity contribution in [2.45, 2.75) is 13.0 Å². The van der Waals surface area contributed by atoms with Crippen LogP contribution < -0.4 is 4.74 Å². The van der Waals surface area contributed by atoms with Gasteiger partial charge in [-0.3, -0.25) is 4.79 Å². The van der Waals surface area contributed by atoms with Crippen LogP contribution in [0.1, 0.15) is 21.5 Å². The first-order valence-corrected chi connectivity index (χ1v) is 6.78. The zero-order valence-electron chi connectivity index (χ0n) is 11.5. The zero-order chi connectivity index (χ0) is 13.9. The highest BCUT2D eigenvalue weighted by Crippen LogP contribution is 2.24. The van der Waals surface area contributed by atoms with Crippen LogP contribution in [0.4, 0.5) is 0 Å². The van der Waals surface area contributed by atoms with Crippen LogP contribution in [0.5, 0.6) is 5.75 Å². The Hall–Kier alpha value is -2.29. The molecular formula is C17H17NO2. The van der Waals surface area contributed by atoms with Crippen molar-refractivity contribution in [1.29, 1.82) is 0 Å². The van der Waals surface area contributed by atoms with E-state index in [1.807, 2.05) is 53.4 Å². The molecule has 3 rings (SSSR count). The molecule has 0 fully saturated rings. The summed E-state index contributed by atoms with van der Waals surface area (Å²) in [6, 6.07) is 15.8. The SMILES string of the molecule is COc1ccccc1CCN1Cc2ccccc2C1=O. The Morgan fingerprint density at radius 3 is 2.65 bits per heavy atom. The van der Waals surface area contributed by atoms with Gasteiger partial charge in [0.05, 0.1) is 7.11 Å². The first-order chi connectivity index (χ1) is 9.79. The summed E-state index contributed by atoms with van der Waals surface area (Å²) in [4.78, 5) is 14.2. The third kappa shape index (κ3) is 2.27. The van der Waals surface area contributed by atoms with E-state index in [0.717, 1.165) is 28.9 Å². The molecule has 0 spiro atoms. The van der Waals surface area contributed by atoms with Gasteiger partial charge in [0.2, 0.25) is 0 Å². The average Bonchev–Trinajstić information content (AvgIpc) is 2.82. The van der Waals surface area contributed by atoms with Gasteiger partial charge in [-0.25, -0.2) is 0 Å². The lowest BCUT2D eigenvalue weighted by Crippen LogP contribution is -2.26. The summed E-state index contributed by atoms with van der Waals surface area (Å²) in [6.45, 7) is 1.43. The molecule has 102 valence electrons. The van der Waals surface area contributed by atoms with E-state index in [1.165, 1.54) is 0 Å². The topological polar surface area (TPSA) is 29.5 Å². The maximum atomic E-state index is 12.3. The van der Waals surface area contributed by atoms with Crippen molar-refractivity contribution in [3.8, 4) is 5.75 Å². The van der Waals surface area contributed by atoms with Crippen LogP contribution in [0.25, 0.3) is 0 Å². The minimum atomic E-state index is 0.135. The van der Waals surface area contributed by atoms with Crippen molar-refractivity contribution in [3.63, 3.8) is 0 Å². The first-order valence-electron chi connectivity index (χ1n) is 6.78. The lowest BCUT2D eigenvalue weighted by Gasteiger charge is -2.16. The maximum Gasteiger partial charge on any atom is 0.254 e. The first kappa shape index (κ1) is 12.7. The fourth-order valence-corrected chi connectivity index (χ4v) is 2.66.